The number of carbonyl (C=O) groups excluding carboxylic acids is 2. The highest BCUT2D eigenvalue weighted by molar-refractivity contribution is 5.98. The highest BCUT2D eigenvalue weighted by atomic mass is 19.4. The predicted molar refractivity (Wildman–Crippen MR) is 97.9 cm³/mol. The van der Waals surface area contributed by atoms with Crippen LogP contribution in [0.15, 0.2) is 48.5 Å². The molecule has 0 atom stereocenters. The van der Waals surface area contributed by atoms with E-state index in [9.17, 15) is 22.8 Å². The van der Waals surface area contributed by atoms with Crippen LogP contribution in [-0.2, 0) is 11.0 Å². The van der Waals surface area contributed by atoms with Crippen LogP contribution in [0.2, 0.25) is 0 Å². The fourth-order valence-corrected chi connectivity index (χ4v) is 2.25. The molecule has 0 saturated heterocycles. The molecule has 0 saturated carbocycles. The molecule has 0 aromatic heterocycles. The Balaban J connectivity index is 2.01. The number of nitrogens with zero attached hydrogens (tertiary/aromatic N) is 1. The zero-order valence-electron chi connectivity index (χ0n) is 14.7. The van der Waals surface area contributed by atoms with Gasteiger partial charge in [0.05, 0.1) is 23.5 Å². The van der Waals surface area contributed by atoms with Gasteiger partial charge < -0.3 is 20.9 Å². The summed E-state index contributed by atoms with van der Waals surface area (Å²) in [6.07, 6.45) is -4.53. The zero-order chi connectivity index (χ0) is 20.0. The molecule has 2 aromatic carbocycles. The quantitative estimate of drug-likeness (QED) is 0.743. The summed E-state index contributed by atoms with van der Waals surface area (Å²) in [7, 11) is 3.29. The van der Waals surface area contributed by atoms with Gasteiger partial charge in [0.2, 0.25) is 5.91 Å². The van der Waals surface area contributed by atoms with Crippen molar-refractivity contribution in [1.29, 1.82) is 0 Å². The fourth-order valence-electron chi connectivity index (χ4n) is 2.25. The molecule has 2 rings (SSSR count). The number of benzene rings is 2. The summed E-state index contributed by atoms with van der Waals surface area (Å²) in [5.74, 6) is -0.652. The molecule has 6 nitrogen and oxygen atoms in total. The van der Waals surface area contributed by atoms with Crippen molar-refractivity contribution in [3.8, 4) is 0 Å². The van der Waals surface area contributed by atoms with Gasteiger partial charge in [0.25, 0.3) is 0 Å². The Kier molecular flexibility index (Phi) is 6.27. The Bertz CT molecular complexity index is 808. The van der Waals surface area contributed by atoms with E-state index in [1.54, 1.807) is 49.3 Å². The highest BCUT2D eigenvalue weighted by Gasteiger charge is 2.31. The van der Waals surface area contributed by atoms with Gasteiger partial charge in [0.15, 0.2) is 0 Å². The van der Waals surface area contributed by atoms with Crippen LogP contribution in [0.25, 0.3) is 0 Å². The molecule has 0 heterocycles. The van der Waals surface area contributed by atoms with Gasteiger partial charge in [0, 0.05) is 19.8 Å². The van der Waals surface area contributed by atoms with Crippen LogP contribution in [0.1, 0.15) is 5.56 Å². The first-order valence-electron chi connectivity index (χ1n) is 7.95. The molecule has 144 valence electrons. The Hall–Kier alpha value is -3.23. The molecule has 0 aliphatic heterocycles. The molecular weight excluding hydrogens is 361 g/mol. The number of alkyl halides is 3. The Morgan fingerprint density at radius 2 is 1.67 bits per heavy atom. The Morgan fingerprint density at radius 1 is 1.00 bits per heavy atom. The van der Waals surface area contributed by atoms with Gasteiger partial charge in [-0.1, -0.05) is 18.2 Å². The molecule has 0 fully saturated rings. The minimum absolute atomic E-state index is 0.00472. The van der Waals surface area contributed by atoms with Gasteiger partial charge in [-0.3, -0.25) is 4.79 Å². The molecule has 3 amide bonds. The number of carbonyl (C=O) groups is 2. The first-order chi connectivity index (χ1) is 12.7. The van der Waals surface area contributed by atoms with Crippen molar-refractivity contribution in [1.82, 2.24) is 5.32 Å². The predicted octanol–water partition coefficient (Wildman–Crippen LogP) is 3.53. The summed E-state index contributed by atoms with van der Waals surface area (Å²) in [6, 6.07) is 11.1. The van der Waals surface area contributed by atoms with E-state index in [0.717, 1.165) is 12.1 Å². The number of nitrogens with one attached hydrogen (secondary N) is 3. The van der Waals surface area contributed by atoms with E-state index in [2.05, 4.69) is 16.0 Å². The third-order valence-electron chi connectivity index (χ3n) is 3.52. The van der Waals surface area contributed by atoms with Crippen LogP contribution >= 0.6 is 0 Å². The first-order valence-corrected chi connectivity index (χ1v) is 7.95. The second kappa shape index (κ2) is 8.43. The van der Waals surface area contributed by atoms with Crippen LogP contribution in [0.3, 0.4) is 0 Å². The lowest BCUT2D eigenvalue weighted by atomic mass is 10.1. The Labute approximate surface area is 154 Å². The van der Waals surface area contributed by atoms with Gasteiger partial charge in [-0.05, 0) is 30.3 Å². The number of amides is 3. The molecule has 0 unspecified atom stereocenters. The van der Waals surface area contributed by atoms with Gasteiger partial charge in [0.1, 0.15) is 0 Å². The van der Waals surface area contributed by atoms with Gasteiger partial charge in [-0.15, -0.1) is 0 Å². The van der Waals surface area contributed by atoms with Crippen molar-refractivity contribution in [2.24, 2.45) is 0 Å². The van der Waals surface area contributed by atoms with E-state index in [4.69, 9.17) is 0 Å². The molecule has 27 heavy (non-hydrogen) atoms. The van der Waals surface area contributed by atoms with E-state index in [1.807, 2.05) is 0 Å². The molecule has 0 bridgehead atoms. The van der Waals surface area contributed by atoms with Gasteiger partial charge in [-0.25, -0.2) is 4.79 Å². The third-order valence-corrected chi connectivity index (χ3v) is 3.52. The van der Waals surface area contributed by atoms with Crippen LogP contribution < -0.4 is 20.9 Å². The maximum atomic E-state index is 12.9. The SMILES string of the molecule is CN(C)c1ccc(C(F)(F)F)cc1NC(=O)CNC(=O)Nc1ccccc1. The summed E-state index contributed by atoms with van der Waals surface area (Å²) in [4.78, 5) is 25.4. The lowest BCUT2D eigenvalue weighted by Gasteiger charge is -2.20. The van der Waals surface area contributed by atoms with Crippen molar-refractivity contribution < 1.29 is 22.8 Å². The highest BCUT2D eigenvalue weighted by Crippen LogP contribution is 2.34. The van der Waals surface area contributed by atoms with Crippen molar-refractivity contribution in [2.75, 3.05) is 36.2 Å². The molecule has 9 heteroatoms. The minimum atomic E-state index is -4.53. The van der Waals surface area contributed by atoms with Crippen LogP contribution in [-0.4, -0.2) is 32.6 Å². The summed E-state index contributed by atoms with van der Waals surface area (Å²) in [5, 5.41) is 7.28. The second-order valence-corrected chi connectivity index (χ2v) is 5.85. The maximum absolute atomic E-state index is 12.9. The topological polar surface area (TPSA) is 73.5 Å². The zero-order valence-corrected chi connectivity index (χ0v) is 14.7. The van der Waals surface area contributed by atoms with Crippen LogP contribution in [0.5, 0.6) is 0 Å². The van der Waals surface area contributed by atoms with E-state index >= 15 is 0 Å². The number of halogens is 3. The molecule has 2 aromatic rings. The average Bonchev–Trinajstić information content (AvgIpc) is 2.60. The van der Waals surface area contributed by atoms with Gasteiger partial charge in [-0.2, -0.15) is 13.2 Å². The minimum Gasteiger partial charge on any atom is -0.376 e. The fraction of sp³-hybridized carbons (Fsp3) is 0.222. The van der Waals surface area contributed by atoms with E-state index in [1.165, 1.54) is 6.07 Å². The van der Waals surface area contributed by atoms with Crippen LogP contribution in [0.4, 0.5) is 35.0 Å². The molecule has 3 N–H and O–H groups in total. The Morgan fingerprint density at radius 3 is 2.26 bits per heavy atom. The lowest BCUT2D eigenvalue weighted by Crippen LogP contribution is -2.36. The van der Waals surface area contributed by atoms with Crippen molar-refractivity contribution in [3.05, 3.63) is 54.1 Å². The summed E-state index contributed by atoms with van der Waals surface area (Å²) in [5.41, 5.74) is 0.0801. The van der Waals surface area contributed by atoms with E-state index < -0.39 is 30.2 Å². The summed E-state index contributed by atoms with van der Waals surface area (Å²) < 4.78 is 38.7. The lowest BCUT2D eigenvalue weighted by molar-refractivity contribution is -0.137. The molecule has 0 radical (unpaired) electrons. The number of hydrogen-bond acceptors (Lipinski definition) is 3. The van der Waals surface area contributed by atoms with Crippen LogP contribution in [0, 0.1) is 0 Å². The second-order valence-electron chi connectivity index (χ2n) is 5.85. The number of urea groups is 1. The summed E-state index contributed by atoms with van der Waals surface area (Å²) in [6.45, 7) is -0.401. The molecule has 0 spiro atoms. The number of hydrogen-bond donors (Lipinski definition) is 3. The van der Waals surface area contributed by atoms with Crippen molar-refractivity contribution in [3.63, 3.8) is 0 Å². The third kappa shape index (κ3) is 5.91. The van der Waals surface area contributed by atoms with Gasteiger partial charge >= 0.3 is 12.2 Å². The maximum Gasteiger partial charge on any atom is 0.416 e. The number of rotatable bonds is 5. The average molecular weight is 380 g/mol. The first kappa shape index (κ1) is 20.1. The molecular formula is C18H19F3N4O2. The van der Waals surface area contributed by atoms with Crippen molar-refractivity contribution in [2.45, 2.75) is 6.18 Å². The van der Waals surface area contributed by atoms with E-state index in [-0.39, 0.29) is 5.69 Å². The largest absolute Gasteiger partial charge is 0.416 e. The summed E-state index contributed by atoms with van der Waals surface area (Å²) >= 11 is 0. The molecule has 0 aliphatic rings. The molecule has 0 aliphatic carbocycles. The van der Waals surface area contributed by atoms with E-state index in [0.29, 0.717) is 11.4 Å². The smallest absolute Gasteiger partial charge is 0.376 e. The monoisotopic (exact) mass is 380 g/mol. The van der Waals surface area contributed by atoms with Crippen molar-refractivity contribution >= 4 is 29.0 Å². The number of anilines is 3. The standard InChI is InChI=1S/C18H19F3N4O2/c1-25(2)15-9-8-12(18(19,20)21)10-14(15)24-16(26)11-22-17(27)23-13-6-4-3-5-7-13/h3-10H,11H2,1-2H3,(H,24,26)(H2,22,23,27). The number of para-hydroxylation sites is 1. The normalized spacial score (nSPS) is 10.9.